The SMILES string of the molecule is C[C@H]1CN(c2ccncc2NCc2ccc3occ(Br)c3n2)C[C@@H](NC(=O)OC(C)(C)C)[C@@H]1O[Si](C)(C)C(C)(C)C. The van der Waals surface area contributed by atoms with Crippen molar-refractivity contribution in [1.82, 2.24) is 15.3 Å². The van der Waals surface area contributed by atoms with E-state index >= 15 is 0 Å². The number of hydrogen-bond donors (Lipinski definition) is 2. The minimum Gasteiger partial charge on any atom is -0.461 e. The van der Waals surface area contributed by atoms with E-state index in [4.69, 9.17) is 18.6 Å². The Morgan fingerprint density at radius 2 is 1.90 bits per heavy atom. The number of ether oxygens (including phenoxy) is 1. The van der Waals surface area contributed by atoms with Gasteiger partial charge in [-0.1, -0.05) is 27.7 Å². The molecule has 41 heavy (non-hydrogen) atoms. The Balaban J connectivity index is 1.57. The maximum Gasteiger partial charge on any atom is 0.408 e. The molecule has 9 nitrogen and oxygen atoms in total. The highest BCUT2D eigenvalue weighted by molar-refractivity contribution is 9.10. The lowest BCUT2D eigenvalue weighted by atomic mass is 9.92. The number of rotatable bonds is 7. The average molecular weight is 647 g/mol. The number of fused-ring (bicyclic) bond motifs is 1. The summed E-state index contributed by atoms with van der Waals surface area (Å²) in [6.45, 7) is 20.9. The Hall–Kier alpha value is -2.63. The molecule has 0 radical (unpaired) electrons. The van der Waals surface area contributed by atoms with Gasteiger partial charge in [0.2, 0.25) is 0 Å². The van der Waals surface area contributed by atoms with E-state index < -0.39 is 20.0 Å². The molecule has 0 aromatic carbocycles. The van der Waals surface area contributed by atoms with Gasteiger partial charge < -0.3 is 29.1 Å². The normalized spacial score (nSPS) is 20.2. The molecule has 3 atom stereocenters. The molecule has 11 heteroatoms. The topological polar surface area (TPSA) is 102 Å². The van der Waals surface area contributed by atoms with Crippen molar-refractivity contribution in [1.29, 1.82) is 0 Å². The second kappa shape index (κ2) is 11.9. The Morgan fingerprint density at radius 3 is 2.59 bits per heavy atom. The number of nitrogens with one attached hydrogen (secondary N) is 2. The molecule has 1 amide bonds. The molecule has 0 unspecified atom stereocenters. The number of hydrogen-bond acceptors (Lipinski definition) is 8. The van der Waals surface area contributed by atoms with Crippen molar-refractivity contribution in [3.05, 3.63) is 47.0 Å². The highest BCUT2D eigenvalue weighted by Crippen LogP contribution is 2.40. The first kappa shape index (κ1) is 31.3. The van der Waals surface area contributed by atoms with Gasteiger partial charge in [-0.25, -0.2) is 9.78 Å². The number of amides is 1. The number of furan rings is 1. The van der Waals surface area contributed by atoms with Gasteiger partial charge in [0.25, 0.3) is 0 Å². The molecule has 3 aromatic heterocycles. The highest BCUT2D eigenvalue weighted by Gasteiger charge is 2.45. The molecule has 1 aliphatic heterocycles. The molecule has 224 valence electrons. The summed E-state index contributed by atoms with van der Waals surface area (Å²) in [4.78, 5) is 24.4. The second-order valence-electron chi connectivity index (χ2n) is 13.5. The fourth-order valence-electron chi connectivity index (χ4n) is 4.77. The van der Waals surface area contributed by atoms with E-state index in [1.54, 1.807) is 12.5 Å². The average Bonchev–Trinajstić information content (AvgIpc) is 3.23. The van der Waals surface area contributed by atoms with Gasteiger partial charge in [-0.2, -0.15) is 0 Å². The van der Waals surface area contributed by atoms with Gasteiger partial charge in [0.05, 0.1) is 46.4 Å². The number of anilines is 2. The van der Waals surface area contributed by atoms with Gasteiger partial charge >= 0.3 is 6.09 Å². The molecule has 0 aliphatic carbocycles. The van der Waals surface area contributed by atoms with Crippen molar-refractivity contribution in [2.24, 2.45) is 5.92 Å². The van der Waals surface area contributed by atoms with Crippen molar-refractivity contribution >= 4 is 52.8 Å². The van der Waals surface area contributed by atoms with E-state index in [2.05, 4.69) is 77.2 Å². The van der Waals surface area contributed by atoms with Gasteiger partial charge in [-0.3, -0.25) is 4.98 Å². The molecular formula is C30H44BrN5O4Si. The van der Waals surface area contributed by atoms with Crippen LogP contribution in [0.4, 0.5) is 16.2 Å². The maximum absolute atomic E-state index is 13.0. The van der Waals surface area contributed by atoms with Crippen LogP contribution in [-0.4, -0.2) is 55.2 Å². The van der Waals surface area contributed by atoms with Crippen LogP contribution in [0.25, 0.3) is 11.1 Å². The van der Waals surface area contributed by atoms with Crippen LogP contribution in [0.15, 0.2) is 45.7 Å². The molecule has 3 aromatic rings. The van der Waals surface area contributed by atoms with Crippen molar-refractivity contribution in [3.63, 3.8) is 0 Å². The van der Waals surface area contributed by atoms with E-state index in [9.17, 15) is 4.79 Å². The third kappa shape index (κ3) is 7.61. The summed E-state index contributed by atoms with van der Waals surface area (Å²) in [5.41, 5.74) is 3.73. The van der Waals surface area contributed by atoms with E-state index in [0.29, 0.717) is 13.1 Å². The Labute approximate surface area is 253 Å². The van der Waals surface area contributed by atoms with Gasteiger partial charge in [-0.15, -0.1) is 0 Å². The number of nitrogens with zero attached hydrogens (tertiary/aromatic N) is 3. The van der Waals surface area contributed by atoms with E-state index in [-0.39, 0.29) is 23.1 Å². The first-order valence-corrected chi connectivity index (χ1v) is 17.9. The van der Waals surface area contributed by atoms with Crippen LogP contribution in [0, 0.1) is 5.92 Å². The molecule has 4 heterocycles. The third-order valence-corrected chi connectivity index (χ3v) is 12.9. The smallest absolute Gasteiger partial charge is 0.408 e. The number of halogens is 1. The number of carbonyl (C=O) groups excluding carboxylic acids is 1. The summed E-state index contributed by atoms with van der Waals surface area (Å²) in [6, 6.07) is 5.63. The minimum absolute atomic E-state index is 0.0472. The van der Waals surface area contributed by atoms with Crippen molar-refractivity contribution in [3.8, 4) is 0 Å². The second-order valence-corrected chi connectivity index (χ2v) is 19.1. The first-order valence-electron chi connectivity index (χ1n) is 14.2. The Kier molecular flexibility index (Phi) is 9.11. The molecule has 0 bridgehead atoms. The van der Waals surface area contributed by atoms with Crippen LogP contribution in [0.2, 0.25) is 18.1 Å². The number of alkyl carbamates (subject to hydrolysis) is 1. The molecule has 0 saturated carbocycles. The van der Waals surface area contributed by atoms with Gasteiger partial charge in [0, 0.05) is 25.2 Å². The predicted molar refractivity (Wildman–Crippen MR) is 170 cm³/mol. The number of piperidine rings is 1. The van der Waals surface area contributed by atoms with E-state index in [0.717, 1.165) is 39.2 Å². The zero-order chi connectivity index (χ0) is 30.2. The first-order chi connectivity index (χ1) is 19.0. The summed E-state index contributed by atoms with van der Waals surface area (Å²) >= 11 is 3.50. The molecular weight excluding hydrogens is 602 g/mol. The molecule has 4 rings (SSSR count). The fraction of sp³-hybridized carbons (Fsp3) is 0.567. The molecule has 0 spiro atoms. The summed E-state index contributed by atoms with van der Waals surface area (Å²) in [7, 11) is -2.10. The number of carbonyl (C=O) groups is 1. The van der Waals surface area contributed by atoms with Crippen molar-refractivity contribution < 1.29 is 18.4 Å². The lowest BCUT2D eigenvalue weighted by Gasteiger charge is -2.48. The van der Waals surface area contributed by atoms with Crippen LogP contribution < -0.4 is 15.5 Å². The summed E-state index contributed by atoms with van der Waals surface area (Å²) < 4.78 is 18.9. The molecule has 2 N–H and O–H groups in total. The predicted octanol–water partition coefficient (Wildman–Crippen LogP) is 7.34. The van der Waals surface area contributed by atoms with Crippen LogP contribution >= 0.6 is 15.9 Å². The Morgan fingerprint density at radius 1 is 1.17 bits per heavy atom. The standard InChI is InChI=1S/C30H44BrN5O4Si/c1-19-16-36(17-23(35-28(37)39-29(2,3)4)27(19)40-41(8,9)30(5,6)7)24-12-13-32-15-22(24)33-14-20-10-11-25-26(34-20)21(31)18-38-25/h10-13,15,18-19,23,27,33H,14,16-17H2,1-9H3,(H,35,37)/t19-,23+,27+/m0/s1. The molecule has 1 aliphatic rings. The monoisotopic (exact) mass is 645 g/mol. The van der Waals surface area contributed by atoms with Crippen LogP contribution in [0.5, 0.6) is 0 Å². The summed E-state index contributed by atoms with van der Waals surface area (Å²) in [5.74, 6) is 0.154. The molecule has 1 fully saturated rings. The lowest BCUT2D eigenvalue weighted by molar-refractivity contribution is 0.0336. The summed E-state index contributed by atoms with van der Waals surface area (Å²) in [6.07, 6.45) is 4.71. The minimum atomic E-state index is -2.10. The fourth-order valence-corrected chi connectivity index (χ4v) is 6.58. The zero-order valence-corrected chi connectivity index (χ0v) is 28.3. The molecule has 1 saturated heterocycles. The van der Waals surface area contributed by atoms with Crippen molar-refractivity contribution in [2.75, 3.05) is 23.3 Å². The van der Waals surface area contributed by atoms with Crippen LogP contribution in [-0.2, 0) is 15.7 Å². The Bertz CT molecular complexity index is 1370. The van der Waals surface area contributed by atoms with Gasteiger partial charge in [-0.05, 0) is 73.0 Å². The summed E-state index contributed by atoms with van der Waals surface area (Å²) in [5, 5.41) is 6.73. The van der Waals surface area contributed by atoms with Crippen LogP contribution in [0.3, 0.4) is 0 Å². The lowest BCUT2D eigenvalue weighted by Crippen LogP contribution is -2.62. The number of aromatic nitrogens is 2. The largest absolute Gasteiger partial charge is 0.461 e. The van der Waals surface area contributed by atoms with E-state index in [1.165, 1.54) is 0 Å². The van der Waals surface area contributed by atoms with Gasteiger partial charge in [0.15, 0.2) is 13.9 Å². The maximum atomic E-state index is 13.0. The third-order valence-electron chi connectivity index (χ3n) is 7.85. The van der Waals surface area contributed by atoms with Crippen molar-refractivity contribution in [2.45, 2.75) is 90.9 Å². The van der Waals surface area contributed by atoms with Crippen LogP contribution in [0.1, 0.15) is 54.2 Å². The van der Waals surface area contributed by atoms with E-state index in [1.807, 2.05) is 45.2 Å². The highest BCUT2D eigenvalue weighted by atomic mass is 79.9. The number of pyridine rings is 2. The zero-order valence-electron chi connectivity index (χ0n) is 25.7. The quantitative estimate of drug-likeness (QED) is 0.257. The van der Waals surface area contributed by atoms with Gasteiger partial charge in [0.1, 0.15) is 17.4 Å².